The highest BCUT2D eigenvalue weighted by molar-refractivity contribution is 6.50. The predicted octanol–water partition coefficient (Wildman–Crippen LogP) is 3.10. The molecular weight excluding hydrogens is 371 g/mol. The monoisotopic (exact) mass is 372 g/mol. The molecule has 0 unspecified atom stereocenters. The van der Waals surface area contributed by atoms with Crippen LogP contribution in [-0.2, 0) is 0 Å². The van der Waals surface area contributed by atoms with Gasteiger partial charge in [0.15, 0.2) is 4.98 Å². The lowest BCUT2D eigenvalue weighted by Gasteiger charge is -1.96. The van der Waals surface area contributed by atoms with Crippen LogP contribution in [0.25, 0.3) is 4.98 Å². The molecule has 14 nitrogen and oxygen atoms in total. The molecular formula is C6HBF4N6O8. The molecule has 0 aliphatic heterocycles. The molecule has 0 heterocycles. The quantitative estimate of drug-likeness (QED) is 0.250. The van der Waals surface area contributed by atoms with Gasteiger partial charge in [-0.1, -0.05) is 0 Å². The number of benzene rings is 1. The first-order valence-corrected chi connectivity index (χ1v) is 5.23. The van der Waals surface area contributed by atoms with Crippen LogP contribution < -0.4 is 0 Å². The van der Waals surface area contributed by atoms with Gasteiger partial charge in [0, 0.05) is 0 Å². The summed E-state index contributed by atoms with van der Waals surface area (Å²) in [6.07, 6.45) is 0. The molecule has 1 aromatic rings. The van der Waals surface area contributed by atoms with Gasteiger partial charge in [-0.25, -0.2) is 0 Å². The Bertz CT molecular complexity index is 800. The van der Waals surface area contributed by atoms with E-state index in [4.69, 9.17) is 5.39 Å². The second-order valence-electron chi connectivity index (χ2n) is 3.58. The van der Waals surface area contributed by atoms with Gasteiger partial charge in [0.05, 0.1) is 19.7 Å². The number of rotatable bonds is 4. The van der Waals surface area contributed by atoms with Crippen molar-refractivity contribution in [3.05, 3.63) is 51.5 Å². The molecule has 19 heteroatoms. The lowest BCUT2D eigenvalue weighted by molar-refractivity contribution is -0.451. The van der Waals surface area contributed by atoms with Crippen LogP contribution in [0.5, 0.6) is 0 Å². The van der Waals surface area contributed by atoms with Crippen LogP contribution in [0.4, 0.5) is 45.7 Å². The molecule has 1 aromatic carbocycles. The van der Waals surface area contributed by atoms with Crippen LogP contribution in [0.2, 0.25) is 0 Å². The number of nitrogens with zero attached hydrogens (tertiary/aromatic N) is 6. The average Bonchev–Trinajstić information content (AvgIpc) is 2.42. The smallest absolute Gasteiger partial charge is 0.418 e. The third kappa shape index (κ3) is 5.62. The second-order valence-corrected chi connectivity index (χ2v) is 3.58. The molecule has 0 radical (unpaired) electrons. The van der Waals surface area contributed by atoms with E-state index in [1.165, 1.54) is 0 Å². The Kier molecular flexibility index (Phi) is 6.33. The van der Waals surface area contributed by atoms with Crippen molar-refractivity contribution in [1.82, 2.24) is 0 Å². The van der Waals surface area contributed by atoms with Gasteiger partial charge in [-0.05, 0) is 0 Å². The summed E-state index contributed by atoms with van der Waals surface area (Å²) in [4.78, 5) is 39.3. The summed E-state index contributed by atoms with van der Waals surface area (Å²) in [7, 11) is -6.00. The van der Waals surface area contributed by atoms with E-state index in [0.29, 0.717) is 0 Å². The van der Waals surface area contributed by atoms with Crippen molar-refractivity contribution in [3.63, 3.8) is 0 Å². The summed E-state index contributed by atoms with van der Waals surface area (Å²) >= 11 is 0. The molecule has 0 bridgehead atoms. The first kappa shape index (κ1) is 21.0. The zero-order chi connectivity index (χ0) is 20.1. The number of hydrogen-bond donors (Lipinski definition) is 0. The van der Waals surface area contributed by atoms with Gasteiger partial charge in [-0.15, -0.1) is 0 Å². The Morgan fingerprint density at radius 1 is 0.800 bits per heavy atom. The highest BCUT2D eigenvalue weighted by atomic mass is 19.5. The lowest BCUT2D eigenvalue weighted by Crippen LogP contribution is -2.05. The van der Waals surface area contributed by atoms with Crippen LogP contribution >= 0.6 is 0 Å². The molecule has 0 fully saturated rings. The number of nitro groups is 4. The second kappa shape index (κ2) is 7.53. The van der Waals surface area contributed by atoms with Crippen molar-refractivity contribution in [1.29, 1.82) is 5.39 Å². The summed E-state index contributed by atoms with van der Waals surface area (Å²) in [6, 6.07) is 0.198. The fraction of sp³-hybridized carbons (Fsp3) is 0. The Morgan fingerprint density at radius 2 is 1.16 bits per heavy atom. The van der Waals surface area contributed by atoms with E-state index in [0.717, 1.165) is 0 Å². The van der Waals surface area contributed by atoms with Crippen molar-refractivity contribution in [2.24, 2.45) is 0 Å². The Hall–Kier alpha value is -3.98. The normalized spacial score (nSPS) is 10.0. The van der Waals surface area contributed by atoms with Crippen molar-refractivity contribution >= 4 is 35.7 Å². The molecule has 0 N–H and O–H groups in total. The highest BCUT2D eigenvalue weighted by Crippen LogP contribution is 2.48. The maximum absolute atomic E-state index is 10.7. The minimum absolute atomic E-state index is 0.198. The van der Waals surface area contributed by atoms with E-state index < -0.39 is 55.4 Å². The number of nitro benzene ring substituents is 4. The standard InChI is InChI=1S/C6HN6O8.BF4/c7-8-2-1-3(9(13)14)5(11(17)18)6(12(19)20)4(2)10(15)16;2-1(3,4)5/h1H;/q+1;-1. The zero-order valence-electron chi connectivity index (χ0n) is 11.1. The molecule has 0 atom stereocenters. The molecule has 1 rings (SSSR count). The minimum atomic E-state index is -6.00. The maximum Gasteiger partial charge on any atom is 0.673 e. The maximum atomic E-state index is 10.7. The van der Waals surface area contributed by atoms with Gasteiger partial charge < -0.3 is 17.3 Å². The third-order valence-electron chi connectivity index (χ3n) is 2.06. The predicted molar refractivity (Wildman–Crippen MR) is 68.0 cm³/mol. The van der Waals surface area contributed by atoms with Gasteiger partial charge in [0.25, 0.3) is 0 Å². The van der Waals surface area contributed by atoms with E-state index in [-0.39, 0.29) is 6.07 Å². The third-order valence-corrected chi connectivity index (χ3v) is 2.06. The van der Waals surface area contributed by atoms with Gasteiger partial charge in [-0.3, -0.25) is 40.5 Å². The van der Waals surface area contributed by atoms with E-state index in [1.807, 2.05) is 0 Å². The van der Waals surface area contributed by atoms with Crippen molar-refractivity contribution in [2.75, 3.05) is 0 Å². The molecule has 0 aliphatic rings. The fourth-order valence-corrected chi connectivity index (χ4v) is 1.37. The van der Waals surface area contributed by atoms with Gasteiger partial charge in [0.1, 0.15) is 6.07 Å². The molecule has 0 aromatic heterocycles. The van der Waals surface area contributed by atoms with Crippen molar-refractivity contribution < 1.29 is 37.0 Å². The van der Waals surface area contributed by atoms with Crippen LogP contribution in [0.15, 0.2) is 6.07 Å². The molecule has 25 heavy (non-hydrogen) atoms. The fourth-order valence-electron chi connectivity index (χ4n) is 1.37. The lowest BCUT2D eigenvalue weighted by atomic mass is 10.1. The summed E-state index contributed by atoms with van der Waals surface area (Å²) < 4.78 is 39.0. The van der Waals surface area contributed by atoms with Gasteiger partial charge in [-0.2, -0.15) is 0 Å². The van der Waals surface area contributed by atoms with Gasteiger partial charge >= 0.3 is 35.7 Å². The highest BCUT2D eigenvalue weighted by Gasteiger charge is 2.51. The Morgan fingerprint density at radius 3 is 1.40 bits per heavy atom. The summed E-state index contributed by atoms with van der Waals surface area (Å²) in [5.74, 6) is 0. The Balaban J connectivity index is 0.00000101. The van der Waals surface area contributed by atoms with Crippen LogP contribution in [0, 0.1) is 45.9 Å². The number of halogens is 4. The van der Waals surface area contributed by atoms with Crippen molar-refractivity contribution in [2.45, 2.75) is 0 Å². The van der Waals surface area contributed by atoms with E-state index in [9.17, 15) is 57.7 Å². The van der Waals surface area contributed by atoms with Crippen LogP contribution in [-0.4, -0.2) is 26.9 Å². The minimum Gasteiger partial charge on any atom is -0.418 e. The molecule has 134 valence electrons. The van der Waals surface area contributed by atoms with Gasteiger partial charge in [0.2, 0.25) is 5.39 Å². The van der Waals surface area contributed by atoms with Crippen LogP contribution in [0.1, 0.15) is 0 Å². The molecule has 0 saturated carbocycles. The van der Waals surface area contributed by atoms with E-state index >= 15 is 0 Å². The van der Waals surface area contributed by atoms with Crippen LogP contribution in [0.3, 0.4) is 0 Å². The summed E-state index contributed by atoms with van der Waals surface area (Å²) in [6.45, 7) is 0. The zero-order valence-corrected chi connectivity index (χ0v) is 11.1. The first-order chi connectivity index (χ1) is 11.2. The number of diazo groups is 1. The average molecular weight is 372 g/mol. The molecule has 0 aliphatic carbocycles. The first-order valence-electron chi connectivity index (χ1n) is 5.23. The summed E-state index contributed by atoms with van der Waals surface area (Å²) in [5.41, 5.74) is -7.46. The molecule has 0 amide bonds. The van der Waals surface area contributed by atoms with E-state index in [2.05, 4.69) is 4.98 Å². The summed E-state index contributed by atoms with van der Waals surface area (Å²) in [5, 5.41) is 51.3. The molecule has 0 saturated heterocycles. The van der Waals surface area contributed by atoms with E-state index in [1.54, 1.807) is 0 Å². The molecule has 0 spiro atoms. The van der Waals surface area contributed by atoms with Crippen molar-refractivity contribution in [3.8, 4) is 0 Å². The topological polar surface area (TPSA) is 201 Å². The largest absolute Gasteiger partial charge is 0.673 e. The SMILES string of the molecule is F[B-](F)(F)F.N#[N+]c1cc([N+](=O)[O-])c([N+](=O)[O-])c([N+](=O)[O-])c1[N+](=O)[O-]. The Labute approximate surface area is 131 Å². The number of hydrogen-bond acceptors (Lipinski definition) is 9.